The van der Waals surface area contributed by atoms with Crippen LogP contribution in [-0.4, -0.2) is 22.6 Å². The Bertz CT molecular complexity index is 959. The maximum atomic E-state index is 11.6. The Balaban J connectivity index is 1.75. The van der Waals surface area contributed by atoms with E-state index in [2.05, 4.69) is 42.2 Å². The Labute approximate surface area is 166 Å². The molecule has 0 saturated carbocycles. The molecule has 3 rings (SSSR count). The second-order valence-electron chi connectivity index (χ2n) is 6.62. The highest BCUT2D eigenvalue weighted by Crippen LogP contribution is 2.41. The Morgan fingerprint density at radius 2 is 1.61 bits per heavy atom. The lowest BCUT2D eigenvalue weighted by Gasteiger charge is -2.12. The summed E-state index contributed by atoms with van der Waals surface area (Å²) in [6.45, 7) is 4.67. The van der Waals surface area contributed by atoms with Gasteiger partial charge in [0, 0.05) is 23.8 Å². The molecule has 0 bridgehead atoms. The number of nitrogens with zero attached hydrogens (tertiary/aromatic N) is 1. The van der Waals surface area contributed by atoms with Crippen molar-refractivity contribution in [1.82, 2.24) is 10.3 Å². The molecular weight excluding hydrogens is 367 g/mol. The Morgan fingerprint density at radius 1 is 0.964 bits per heavy atom. The van der Waals surface area contributed by atoms with E-state index in [4.69, 9.17) is 4.98 Å². The molecule has 1 aromatic heterocycles. The molecule has 0 saturated heterocycles. The summed E-state index contributed by atoms with van der Waals surface area (Å²) in [6.07, 6.45) is 0.868. The summed E-state index contributed by atoms with van der Waals surface area (Å²) in [5, 5.41) is 3.31. The fourth-order valence-electron chi connectivity index (χ4n) is 3.00. The summed E-state index contributed by atoms with van der Waals surface area (Å²) in [4.78, 5) is 14.4. The first kappa shape index (κ1) is 20.2. The highest BCUT2D eigenvalue weighted by Gasteiger charge is 2.12. The van der Waals surface area contributed by atoms with Gasteiger partial charge in [0.2, 0.25) is 7.37 Å². The first-order valence-corrected chi connectivity index (χ1v) is 11.3. The SMILES string of the molecule is C=CP(=O)(O)CCCNCc1ccc(-c2ccccc2)c(-c2ccccc2)n1. The van der Waals surface area contributed by atoms with Crippen molar-refractivity contribution in [1.29, 1.82) is 0 Å². The van der Waals surface area contributed by atoms with Gasteiger partial charge in [0.15, 0.2) is 0 Å². The predicted octanol–water partition coefficient (Wildman–Crippen LogP) is 5.31. The summed E-state index contributed by atoms with van der Waals surface area (Å²) in [5.41, 5.74) is 5.21. The van der Waals surface area contributed by atoms with E-state index in [9.17, 15) is 9.46 Å². The number of rotatable bonds is 9. The summed E-state index contributed by atoms with van der Waals surface area (Å²) in [6, 6.07) is 24.6. The molecule has 5 heteroatoms. The van der Waals surface area contributed by atoms with Crippen LogP contribution in [-0.2, 0) is 11.1 Å². The zero-order chi connectivity index (χ0) is 19.8. The Hall–Kier alpha value is -2.52. The number of hydrogen-bond donors (Lipinski definition) is 2. The number of nitrogens with one attached hydrogen (secondary N) is 1. The van der Waals surface area contributed by atoms with E-state index in [0.717, 1.165) is 33.9 Å². The third kappa shape index (κ3) is 5.49. The standard InChI is InChI=1S/C23H25N2O2P/c1-2-28(26,27)17-9-16-24-18-21-14-15-22(19-10-5-3-6-11-19)23(25-21)20-12-7-4-8-13-20/h2-8,10-15,24H,1,9,16-18H2,(H,26,27). The summed E-state index contributed by atoms with van der Waals surface area (Å²) in [7, 11) is -3.17. The highest BCUT2D eigenvalue weighted by atomic mass is 31.2. The van der Waals surface area contributed by atoms with Crippen molar-refractivity contribution in [2.45, 2.75) is 13.0 Å². The van der Waals surface area contributed by atoms with E-state index in [-0.39, 0.29) is 6.16 Å². The molecule has 2 aromatic carbocycles. The Morgan fingerprint density at radius 3 is 2.25 bits per heavy atom. The van der Waals surface area contributed by atoms with Gasteiger partial charge in [-0.1, -0.05) is 73.3 Å². The first-order chi connectivity index (χ1) is 13.6. The topological polar surface area (TPSA) is 62.2 Å². The van der Waals surface area contributed by atoms with Crippen molar-refractivity contribution < 1.29 is 9.46 Å². The van der Waals surface area contributed by atoms with Crippen LogP contribution in [0.4, 0.5) is 0 Å². The lowest BCUT2D eigenvalue weighted by Crippen LogP contribution is -2.16. The van der Waals surface area contributed by atoms with Crippen LogP contribution in [0.5, 0.6) is 0 Å². The van der Waals surface area contributed by atoms with Crippen molar-refractivity contribution in [3.63, 3.8) is 0 Å². The van der Waals surface area contributed by atoms with Gasteiger partial charge >= 0.3 is 0 Å². The van der Waals surface area contributed by atoms with E-state index in [1.807, 2.05) is 42.5 Å². The van der Waals surface area contributed by atoms with Gasteiger partial charge in [0.1, 0.15) is 0 Å². The average molecular weight is 392 g/mol. The van der Waals surface area contributed by atoms with Crippen molar-refractivity contribution in [3.8, 4) is 22.4 Å². The molecule has 1 atom stereocenters. The van der Waals surface area contributed by atoms with Gasteiger partial charge in [0.05, 0.1) is 11.4 Å². The molecule has 1 heterocycles. The molecule has 0 radical (unpaired) electrons. The van der Waals surface area contributed by atoms with Gasteiger partial charge < -0.3 is 10.2 Å². The van der Waals surface area contributed by atoms with Crippen LogP contribution in [0.3, 0.4) is 0 Å². The quantitative estimate of drug-likeness (QED) is 0.383. The molecule has 4 nitrogen and oxygen atoms in total. The van der Waals surface area contributed by atoms with Gasteiger partial charge in [-0.15, -0.1) is 0 Å². The third-order valence-electron chi connectivity index (χ3n) is 4.51. The van der Waals surface area contributed by atoms with Crippen LogP contribution in [0.1, 0.15) is 12.1 Å². The molecule has 0 aliphatic heterocycles. The molecule has 0 fully saturated rings. The average Bonchev–Trinajstić information content (AvgIpc) is 2.74. The maximum absolute atomic E-state index is 11.6. The van der Waals surface area contributed by atoms with E-state index in [1.165, 1.54) is 0 Å². The minimum atomic E-state index is -3.17. The lowest BCUT2D eigenvalue weighted by atomic mass is 9.99. The molecular formula is C23H25N2O2P. The van der Waals surface area contributed by atoms with Crippen LogP contribution in [0.15, 0.2) is 85.2 Å². The molecule has 0 amide bonds. The molecule has 0 spiro atoms. The smallest absolute Gasteiger partial charge is 0.222 e. The normalized spacial score (nSPS) is 13.0. The van der Waals surface area contributed by atoms with E-state index in [0.29, 0.717) is 19.5 Å². The molecule has 144 valence electrons. The van der Waals surface area contributed by atoms with Crippen LogP contribution < -0.4 is 5.32 Å². The van der Waals surface area contributed by atoms with Crippen molar-refractivity contribution in [2.75, 3.05) is 12.7 Å². The van der Waals surface area contributed by atoms with E-state index in [1.54, 1.807) is 0 Å². The lowest BCUT2D eigenvalue weighted by molar-refractivity contribution is 0.485. The monoisotopic (exact) mass is 392 g/mol. The van der Waals surface area contributed by atoms with Crippen molar-refractivity contribution in [2.24, 2.45) is 0 Å². The minimum absolute atomic E-state index is 0.249. The first-order valence-electron chi connectivity index (χ1n) is 9.36. The number of benzene rings is 2. The summed E-state index contributed by atoms with van der Waals surface area (Å²) < 4.78 is 11.6. The number of hydrogen-bond acceptors (Lipinski definition) is 3. The number of aromatic nitrogens is 1. The fourth-order valence-corrected chi connectivity index (χ4v) is 3.80. The fraction of sp³-hybridized carbons (Fsp3) is 0.174. The van der Waals surface area contributed by atoms with Crippen LogP contribution >= 0.6 is 7.37 Å². The maximum Gasteiger partial charge on any atom is 0.222 e. The molecule has 3 aromatic rings. The van der Waals surface area contributed by atoms with Gasteiger partial charge in [-0.05, 0) is 30.4 Å². The second-order valence-corrected chi connectivity index (χ2v) is 8.95. The second kappa shape index (κ2) is 9.61. The third-order valence-corrected chi connectivity index (χ3v) is 6.04. The molecule has 2 N–H and O–H groups in total. The summed E-state index contributed by atoms with van der Waals surface area (Å²) >= 11 is 0. The van der Waals surface area contributed by atoms with Crippen LogP contribution in [0.25, 0.3) is 22.4 Å². The van der Waals surface area contributed by atoms with Crippen LogP contribution in [0, 0.1) is 0 Å². The van der Waals surface area contributed by atoms with Gasteiger partial charge in [0.25, 0.3) is 0 Å². The largest absolute Gasteiger partial charge is 0.341 e. The highest BCUT2D eigenvalue weighted by molar-refractivity contribution is 7.61. The van der Waals surface area contributed by atoms with E-state index >= 15 is 0 Å². The molecule has 0 aliphatic carbocycles. The predicted molar refractivity (Wildman–Crippen MR) is 116 cm³/mol. The van der Waals surface area contributed by atoms with Crippen molar-refractivity contribution >= 4 is 7.37 Å². The van der Waals surface area contributed by atoms with Crippen molar-refractivity contribution in [3.05, 3.63) is 90.9 Å². The van der Waals surface area contributed by atoms with Gasteiger partial charge in [-0.25, -0.2) is 0 Å². The molecule has 0 aliphatic rings. The van der Waals surface area contributed by atoms with Gasteiger partial charge in [-0.2, -0.15) is 0 Å². The van der Waals surface area contributed by atoms with Gasteiger partial charge in [-0.3, -0.25) is 9.55 Å². The summed E-state index contributed by atoms with van der Waals surface area (Å²) in [5.74, 6) is 1.16. The number of pyridine rings is 1. The molecule has 28 heavy (non-hydrogen) atoms. The minimum Gasteiger partial charge on any atom is -0.341 e. The zero-order valence-corrected chi connectivity index (χ0v) is 16.7. The Kier molecular flexibility index (Phi) is 6.94. The van der Waals surface area contributed by atoms with Crippen LogP contribution in [0.2, 0.25) is 0 Å². The molecule has 1 unspecified atom stereocenters. The van der Waals surface area contributed by atoms with E-state index < -0.39 is 7.37 Å². The zero-order valence-electron chi connectivity index (χ0n) is 15.8.